The highest BCUT2D eigenvalue weighted by molar-refractivity contribution is 6.29. The summed E-state index contributed by atoms with van der Waals surface area (Å²) in [7, 11) is 1.77. The SMILES string of the molecule is CN=C(NCCc1ccc(Cl)nc1)NCc1nccn1CCCc1ccccc1. The highest BCUT2D eigenvalue weighted by Gasteiger charge is 2.05. The first kappa shape index (κ1) is 20.9. The molecule has 0 spiro atoms. The molecular weight excluding hydrogens is 384 g/mol. The van der Waals surface area contributed by atoms with Gasteiger partial charge in [0.1, 0.15) is 11.0 Å². The Morgan fingerprint density at radius 3 is 2.66 bits per heavy atom. The number of guanidine groups is 1. The number of benzene rings is 1. The number of imidazole rings is 1. The van der Waals surface area contributed by atoms with Gasteiger partial charge in [0.05, 0.1) is 6.54 Å². The Kier molecular flexibility index (Phi) is 8.07. The molecule has 0 aliphatic heterocycles. The fraction of sp³-hybridized carbons (Fsp3) is 0.318. The van der Waals surface area contributed by atoms with Crippen molar-refractivity contribution < 1.29 is 0 Å². The molecule has 0 radical (unpaired) electrons. The molecule has 0 saturated heterocycles. The maximum absolute atomic E-state index is 5.82. The summed E-state index contributed by atoms with van der Waals surface area (Å²) in [5.41, 5.74) is 2.50. The Balaban J connectivity index is 1.41. The molecule has 2 heterocycles. The Labute approximate surface area is 177 Å². The number of pyridine rings is 1. The number of nitrogens with one attached hydrogen (secondary N) is 2. The number of rotatable bonds is 9. The summed E-state index contributed by atoms with van der Waals surface area (Å²) in [5.74, 6) is 1.76. The van der Waals surface area contributed by atoms with Gasteiger partial charge >= 0.3 is 0 Å². The lowest BCUT2D eigenvalue weighted by Crippen LogP contribution is -2.38. The van der Waals surface area contributed by atoms with E-state index in [1.807, 2.05) is 24.5 Å². The molecule has 2 aromatic heterocycles. The van der Waals surface area contributed by atoms with Crippen LogP contribution in [0.2, 0.25) is 5.15 Å². The summed E-state index contributed by atoms with van der Waals surface area (Å²) in [6.07, 6.45) is 8.67. The Bertz CT molecular complexity index is 889. The summed E-state index contributed by atoms with van der Waals surface area (Å²) in [6, 6.07) is 14.4. The fourth-order valence-electron chi connectivity index (χ4n) is 3.07. The minimum absolute atomic E-state index is 0.512. The standard InChI is InChI=1S/C22H27ClN6/c1-24-22(26-12-11-19-9-10-20(23)27-16-19)28-17-21-25-13-15-29(21)14-5-8-18-6-3-2-4-7-18/h2-4,6-7,9-10,13,15-16H,5,8,11-12,14,17H2,1H3,(H2,24,26,28). The summed E-state index contributed by atoms with van der Waals surface area (Å²) in [4.78, 5) is 12.9. The predicted octanol–water partition coefficient (Wildman–Crippen LogP) is 3.47. The van der Waals surface area contributed by atoms with Gasteiger partial charge in [-0.05, 0) is 36.5 Å². The van der Waals surface area contributed by atoms with Gasteiger partial charge in [-0.3, -0.25) is 4.99 Å². The second-order valence-electron chi connectivity index (χ2n) is 6.72. The lowest BCUT2D eigenvalue weighted by Gasteiger charge is -2.13. The second kappa shape index (κ2) is 11.2. The molecule has 0 amide bonds. The third-order valence-corrected chi connectivity index (χ3v) is 4.86. The van der Waals surface area contributed by atoms with E-state index in [9.17, 15) is 0 Å². The zero-order valence-electron chi connectivity index (χ0n) is 16.7. The van der Waals surface area contributed by atoms with Crippen LogP contribution in [0.4, 0.5) is 0 Å². The van der Waals surface area contributed by atoms with Crippen LogP contribution in [-0.4, -0.2) is 34.1 Å². The van der Waals surface area contributed by atoms with Crippen LogP contribution in [0.15, 0.2) is 66.0 Å². The quantitative estimate of drug-likeness (QED) is 0.322. The first-order valence-electron chi connectivity index (χ1n) is 9.83. The molecule has 0 aliphatic rings. The van der Waals surface area contributed by atoms with Crippen molar-refractivity contribution in [3.05, 3.63) is 83.2 Å². The van der Waals surface area contributed by atoms with Crippen LogP contribution in [0.5, 0.6) is 0 Å². The molecule has 7 heteroatoms. The zero-order valence-corrected chi connectivity index (χ0v) is 17.4. The maximum atomic E-state index is 5.82. The van der Waals surface area contributed by atoms with Gasteiger partial charge in [-0.1, -0.05) is 48.0 Å². The van der Waals surface area contributed by atoms with Crippen LogP contribution < -0.4 is 10.6 Å². The minimum Gasteiger partial charge on any atom is -0.356 e. The first-order valence-corrected chi connectivity index (χ1v) is 10.2. The molecule has 1 aromatic carbocycles. The van der Waals surface area contributed by atoms with E-state index in [0.717, 1.165) is 49.7 Å². The van der Waals surface area contributed by atoms with Gasteiger partial charge in [-0.25, -0.2) is 9.97 Å². The van der Waals surface area contributed by atoms with Gasteiger partial charge in [0.15, 0.2) is 5.96 Å². The second-order valence-corrected chi connectivity index (χ2v) is 7.10. The molecule has 29 heavy (non-hydrogen) atoms. The molecule has 0 fully saturated rings. The monoisotopic (exact) mass is 410 g/mol. The van der Waals surface area contributed by atoms with E-state index in [-0.39, 0.29) is 0 Å². The van der Waals surface area contributed by atoms with Crippen molar-refractivity contribution in [2.24, 2.45) is 4.99 Å². The van der Waals surface area contributed by atoms with Gasteiger partial charge in [-0.2, -0.15) is 0 Å². The van der Waals surface area contributed by atoms with Gasteiger partial charge in [0.25, 0.3) is 0 Å². The van der Waals surface area contributed by atoms with Crippen LogP contribution in [0.1, 0.15) is 23.4 Å². The largest absolute Gasteiger partial charge is 0.356 e. The summed E-state index contributed by atoms with van der Waals surface area (Å²) in [6.45, 7) is 2.33. The van der Waals surface area contributed by atoms with Crippen molar-refractivity contribution >= 4 is 17.6 Å². The molecule has 0 atom stereocenters. The van der Waals surface area contributed by atoms with Crippen molar-refractivity contribution in [2.45, 2.75) is 32.4 Å². The Morgan fingerprint density at radius 2 is 1.90 bits per heavy atom. The van der Waals surface area contributed by atoms with Crippen LogP contribution in [-0.2, 0) is 25.9 Å². The van der Waals surface area contributed by atoms with E-state index in [1.165, 1.54) is 5.56 Å². The van der Waals surface area contributed by atoms with Crippen molar-refractivity contribution in [2.75, 3.05) is 13.6 Å². The minimum atomic E-state index is 0.512. The predicted molar refractivity (Wildman–Crippen MR) is 118 cm³/mol. The van der Waals surface area contributed by atoms with E-state index in [0.29, 0.717) is 11.7 Å². The third-order valence-electron chi connectivity index (χ3n) is 4.64. The normalized spacial score (nSPS) is 11.4. The number of hydrogen-bond donors (Lipinski definition) is 2. The molecule has 152 valence electrons. The van der Waals surface area contributed by atoms with Crippen molar-refractivity contribution in [1.82, 2.24) is 25.2 Å². The van der Waals surface area contributed by atoms with Crippen molar-refractivity contribution in [1.29, 1.82) is 0 Å². The zero-order chi connectivity index (χ0) is 20.3. The smallest absolute Gasteiger partial charge is 0.191 e. The molecule has 3 aromatic rings. The summed E-state index contributed by atoms with van der Waals surface area (Å²) >= 11 is 5.82. The average molecular weight is 411 g/mol. The number of nitrogens with zero attached hydrogens (tertiary/aromatic N) is 4. The molecule has 3 rings (SSSR count). The van der Waals surface area contributed by atoms with E-state index >= 15 is 0 Å². The van der Waals surface area contributed by atoms with E-state index in [1.54, 1.807) is 13.2 Å². The Hall–Kier alpha value is -2.86. The topological polar surface area (TPSA) is 67.1 Å². The van der Waals surface area contributed by atoms with Crippen molar-refractivity contribution in [3.8, 4) is 0 Å². The lowest BCUT2D eigenvalue weighted by atomic mass is 10.1. The van der Waals surface area contributed by atoms with Crippen LogP contribution in [0, 0.1) is 0 Å². The maximum Gasteiger partial charge on any atom is 0.191 e. The van der Waals surface area contributed by atoms with Crippen molar-refractivity contribution in [3.63, 3.8) is 0 Å². The molecule has 0 unspecified atom stereocenters. The van der Waals surface area contributed by atoms with Gasteiger partial charge in [0, 0.05) is 38.7 Å². The average Bonchev–Trinajstić information content (AvgIpc) is 3.20. The number of halogens is 1. The van der Waals surface area contributed by atoms with Gasteiger partial charge in [0.2, 0.25) is 0 Å². The van der Waals surface area contributed by atoms with E-state index < -0.39 is 0 Å². The lowest BCUT2D eigenvalue weighted by molar-refractivity contribution is 0.600. The third kappa shape index (κ3) is 6.91. The number of hydrogen-bond acceptors (Lipinski definition) is 3. The first-order chi connectivity index (χ1) is 14.2. The van der Waals surface area contributed by atoms with E-state index in [4.69, 9.17) is 11.6 Å². The van der Waals surface area contributed by atoms with Gasteiger partial charge < -0.3 is 15.2 Å². The number of aromatic nitrogens is 3. The number of aliphatic imine (C=N–C) groups is 1. The fourth-order valence-corrected chi connectivity index (χ4v) is 3.18. The van der Waals surface area contributed by atoms with E-state index in [2.05, 4.69) is 60.5 Å². The van der Waals surface area contributed by atoms with Gasteiger partial charge in [-0.15, -0.1) is 0 Å². The van der Waals surface area contributed by atoms with Crippen LogP contribution in [0.3, 0.4) is 0 Å². The Morgan fingerprint density at radius 1 is 1.03 bits per heavy atom. The molecule has 0 bridgehead atoms. The summed E-state index contributed by atoms with van der Waals surface area (Å²) < 4.78 is 2.20. The molecule has 0 aliphatic carbocycles. The van der Waals surface area contributed by atoms with Crippen LogP contribution >= 0.6 is 11.6 Å². The van der Waals surface area contributed by atoms with Crippen LogP contribution in [0.25, 0.3) is 0 Å². The summed E-state index contributed by atoms with van der Waals surface area (Å²) in [5, 5.41) is 7.17. The molecule has 6 nitrogen and oxygen atoms in total. The molecular formula is C22H27ClN6. The molecule has 2 N–H and O–H groups in total. The highest BCUT2D eigenvalue weighted by Crippen LogP contribution is 2.06. The molecule has 0 saturated carbocycles. The number of aryl methyl sites for hydroxylation is 2. The highest BCUT2D eigenvalue weighted by atomic mass is 35.5.